The quantitative estimate of drug-likeness (QED) is 0.703. The molecule has 0 atom stereocenters. The van der Waals surface area contributed by atoms with Crippen molar-refractivity contribution in [3.63, 3.8) is 0 Å². The van der Waals surface area contributed by atoms with Crippen molar-refractivity contribution >= 4 is 17.5 Å². The Hall–Kier alpha value is -2.25. The number of halogens is 1. The molecule has 2 aromatic rings. The zero-order chi connectivity index (χ0) is 19.6. The molecule has 0 spiro atoms. The summed E-state index contributed by atoms with van der Waals surface area (Å²) in [6.45, 7) is 7.88. The number of aromatic hydroxyl groups is 2. The number of hydrogen-bond donors (Lipinski definition) is 3. The van der Waals surface area contributed by atoms with Crippen LogP contribution in [0.3, 0.4) is 0 Å². The van der Waals surface area contributed by atoms with Crippen molar-refractivity contribution in [1.82, 2.24) is 20.0 Å². The van der Waals surface area contributed by atoms with Crippen LogP contribution in [0.5, 0.6) is 11.5 Å². The molecule has 3 rings (SSSR count). The summed E-state index contributed by atoms with van der Waals surface area (Å²) in [5.41, 5.74) is 2.84. The second-order valence-electron chi connectivity index (χ2n) is 6.69. The number of fused-ring (bicyclic) bond motifs is 1. The first-order chi connectivity index (χ1) is 12.9. The number of hydrogen-bond acceptors (Lipinski definition) is 5. The Bertz CT molecular complexity index is 833. The lowest BCUT2D eigenvalue weighted by Crippen LogP contribution is -2.38. The van der Waals surface area contributed by atoms with Gasteiger partial charge < -0.3 is 20.0 Å². The van der Waals surface area contributed by atoms with Crippen molar-refractivity contribution in [2.75, 3.05) is 26.2 Å². The molecule has 146 valence electrons. The van der Waals surface area contributed by atoms with Gasteiger partial charge in [0.2, 0.25) is 5.91 Å². The Morgan fingerprint density at radius 1 is 1.30 bits per heavy atom. The molecule has 0 bridgehead atoms. The zero-order valence-corrected chi connectivity index (χ0v) is 16.4. The number of amides is 1. The molecule has 1 aromatic heterocycles. The first-order valence-electron chi connectivity index (χ1n) is 9.22. The fourth-order valence-corrected chi connectivity index (χ4v) is 3.59. The maximum atomic E-state index is 12.6. The average Bonchev–Trinajstić information content (AvgIpc) is 3.08. The number of nitrogens with zero attached hydrogens (tertiary/aromatic N) is 3. The molecule has 0 aliphatic carbocycles. The number of benzene rings is 1. The van der Waals surface area contributed by atoms with Crippen molar-refractivity contribution in [1.29, 1.82) is 0 Å². The predicted octanol–water partition coefficient (Wildman–Crippen LogP) is 2.76. The van der Waals surface area contributed by atoms with Gasteiger partial charge in [-0.3, -0.25) is 9.89 Å². The first-order valence-corrected chi connectivity index (χ1v) is 9.60. The zero-order valence-electron chi connectivity index (χ0n) is 15.6. The van der Waals surface area contributed by atoms with E-state index in [1.807, 2.05) is 4.90 Å². The van der Waals surface area contributed by atoms with Crippen LogP contribution in [0.25, 0.3) is 11.3 Å². The Labute approximate surface area is 163 Å². The van der Waals surface area contributed by atoms with Gasteiger partial charge >= 0.3 is 0 Å². The van der Waals surface area contributed by atoms with Crippen LogP contribution >= 0.6 is 11.6 Å². The summed E-state index contributed by atoms with van der Waals surface area (Å²) in [4.78, 5) is 16.7. The van der Waals surface area contributed by atoms with E-state index in [9.17, 15) is 15.0 Å². The maximum Gasteiger partial charge on any atom is 0.224 e. The second kappa shape index (κ2) is 8.19. The molecular weight excluding hydrogens is 368 g/mol. The van der Waals surface area contributed by atoms with Crippen molar-refractivity contribution in [3.05, 3.63) is 28.4 Å². The van der Waals surface area contributed by atoms with Gasteiger partial charge in [-0.15, -0.1) is 0 Å². The van der Waals surface area contributed by atoms with E-state index in [4.69, 9.17) is 11.6 Å². The monoisotopic (exact) mass is 392 g/mol. The van der Waals surface area contributed by atoms with Crippen LogP contribution < -0.4 is 0 Å². The Morgan fingerprint density at radius 3 is 2.74 bits per heavy atom. The van der Waals surface area contributed by atoms with Gasteiger partial charge in [0.05, 0.1) is 5.02 Å². The number of carbonyl (C=O) groups excluding carboxylic acids is 1. The molecule has 1 aromatic carbocycles. The minimum atomic E-state index is -0.185. The minimum Gasteiger partial charge on any atom is -0.507 e. The maximum absolute atomic E-state index is 12.6. The lowest BCUT2D eigenvalue weighted by Gasteiger charge is -2.28. The van der Waals surface area contributed by atoms with Crippen LogP contribution in [0, 0.1) is 0 Å². The summed E-state index contributed by atoms with van der Waals surface area (Å²) in [7, 11) is 0. The van der Waals surface area contributed by atoms with Crippen molar-refractivity contribution in [3.8, 4) is 22.8 Å². The van der Waals surface area contributed by atoms with E-state index in [2.05, 4.69) is 28.9 Å². The molecule has 0 unspecified atom stereocenters. The van der Waals surface area contributed by atoms with Crippen LogP contribution in [0.2, 0.25) is 5.02 Å². The van der Waals surface area contributed by atoms with Crippen molar-refractivity contribution in [2.45, 2.75) is 33.2 Å². The fourth-order valence-electron chi connectivity index (χ4n) is 3.42. The summed E-state index contributed by atoms with van der Waals surface area (Å²) in [5, 5.41) is 27.3. The van der Waals surface area contributed by atoms with E-state index in [0.29, 0.717) is 37.2 Å². The lowest BCUT2D eigenvalue weighted by atomic mass is 10.00. The van der Waals surface area contributed by atoms with Gasteiger partial charge in [-0.2, -0.15) is 5.10 Å². The molecule has 1 amide bonds. The summed E-state index contributed by atoms with van der Waals surface area (Å²) >= 11 is 6.00. The number of aromatic nitrogens is 2. The van der Waals surface area contributed by atoms with Crippen LogP contribution in [0.4, 0.5) is 0 Å². The molecule has 8 heteroatoms. The SMILES string of the molecule is CCN(CC)CCC(=O)N1CCc2[nH]nc(-c3cc(Cl)c(O)cc3O)c2C1. The lowest BCUT2D eigenvalue weighted by molar-refractivity contribution is -0.132. The van der Waals surface area contributed by atoms with Crippen molar-refractivity contribution < 1.29 is 15.0 Å². The highest BCUT2D eigenvalue weighted by Crippen LogP contribution is 2.39. The molecule has 27 heavy (non-hydrogen) atoms. The summed E-state index contributed by atoms with van der Waals surface area (Å²) < 4.78 is 0. The number of phenols is 2. The highest BCUT2D eigenvalue weighted by atomic mass is 35.5. The molecule has 0 fully saturated rings. The van der Waals surface area contributed by atoms with Crippen LogP contribution in [-0.4, -0.2) is 62.3 Å². The van der Waals surface area contributed by atoms with E-state index in [1.54, 1.807) is 0 Å². The molecule has 0 radical (unpaired) electrons. The molecule has 2 heterocycles. The summed E-state index contributed by atoms with van der Waals surface area (Å²) in [6.07, 6.45) is 1.17. The minimum absolute atomic E-state index is 0.101. The fraction of sp³-hybridized carbons (Fsp3) is 0.474. The number of carbonyl (C=O) groups is 1. The van der Waals surface area contributed by atoms with E-state index < -0.39 is 0 Å². The summed E-state index contributed by atoms with van der Waals surface area (Å²) in [6, 6.07) is 2.69. The molecule has 7 nitrogen and oxygen atoms in total. The van der Waals surface area contributed by atoms with Gasteiger partial charge in [-0.25, -0.2) is 0 Å². The largest absolute Gasteiger partial charge is 0.507 e. The third kappa shape index (κ3) is 4.04. The number of nitrogens with one attached hydrogen (secondary N) is 1. The molecule has 1 aliphatic heterocycles. The van der Waals surface area contributed by atoms with Gasteiger partial charge in [0.15, 0.2) is 0 Å². The molecular formula is C19H25ClN4O3. The van der Waals surface area contributed by atoms with Gasteiger partial charge in [0.25, 0.3) is 0 Å². The van der Waals surface area contributed by atoms with Crippen LogP contribution in [-0.2, 0) is 17.8 Å². The molecule has 1 aliphatic rings. The van der Waals surface area contributed by atoms with Crippen LogP contribution in [0.1, 0.15) is 31.5 Å². The first kappa shape index (κ1) is 19.5. The van der Waals surface area contributed by atoms with E-state index in [0.717, 1.165) is 30.9 Å². The number of H-pyrrole nitrogens is 1. The molecule has 0 saturated heterocycles. The van der Waals surface area contributed by atoms with E-state index in [-0.39, 0.29) is 22.4 Å². The normalized spacial score (nSPS) is 13.9. The smallest absolute Gasteiger partial charge is 0.224 e. The van der Waals surface area contributed by atoms with E-state index >= 15 is 0 Å². The highest BCUT2D eigenvalue weighted by Gasteiger charge is 2.27. The van der Waals surface area contributed by atoms with Crippen LogP contribution in [0.15, 0.2) is 12.1 Å². The van der Waals surface area contributed by atoms with Gasteiger partial charge in [-0.05, 0) is 19.2 Å². The predicted molar refractivity (Wildman–Crippen MR) is 104 cm³/mol. The number of aromatic amines is 1. The Morgan fingerprint density at radius 2 is 2.04 bits per heavy atom. The summed E-state index contributed by atoms with van der Waals surface area (Å²) in [5.74, 6) is -0.167. The highest BCUT2D eigenvalue weighted by molar-refractivity contribution is 6.32. The van der Waals surface area contributed by atoms with E-state index in [1.165, 1.54) is 12.1 Å². The van der Waals surface area contributed by atoms with Gasteiger partial charge in [0, 0.05) is 55.4 Å². The standard InChI is InChI=1S/C19H25ClN4O3/c1-3-23(4-2)7-6-18(27)24-8-5-15-13(11-24)19(22-21-15)12-9-14(20)17(26)10-16(12)25/h9-10,25-26H,3-8,11H2,1-2H3,(H,21,22). The number of rotatable bonds is 6. The Balaban J connectivity index is 1.79. The average molecular weight is 393 g/mol. The Kier molecular flexibility index (Phi) is 5.92. The second-order valence-corrected chi connectivity index (χ2v) is 7.10. The van der Waals surface area contributed by atoms with Gasteiger partial charge in [0.1, 0.15) is 17.2 Å². The number of phenolic OH excluding ortho intramolecular Hbond substituents is 2. The third-order valence-corrected chi connectivity index (χ3v) is 5.45. The van der Waals surface area contributed by atoms with Crippen molar-refractivity contribution in [2.24, 2.45) is 0 Å². The third-order valence-electron chi connectivity index (χ3n) is 5.14. The topological polar surface area (TPSA) is 92.7 Å². The molecule has 0 saturated carbocycles. The molecule has 3 N–H and O–H groups in total. The van der Waals surface area contributed by atoms with Gasteiger partial charge in [-0.1, -0.05) is 25.4 Å².